The van der Waals surface area contributed by atoms with E-state index < -0.39 is 18.2 Å². The first-order valence-electron chi connectivity index (χ1n) is 8.70. The molecular formula is C19H17ClF3N3O3. The highest BCUT2D eigenvalue weighted by molar-refractivity contribution is 6.33. The lowest BCUT2D eigenvalue weighted by atomic mass is 10.0. The molecule has 29 heavy (non-hydrogen) atoms. The minimum Gasteiger partial charge on any atom is -0.406 e. The Bertz CT molecular complexity index is 921. The van der Waals surface area contributed by atoms with Gasteiger partial charge in [0.15, 0.2) is 0 Å². The number of aryl methyl sites for hydroxylation is 1. The molecule has 0 unspecified atom stereocenters. The van der Waals surface area contributed by atoms with Gasteiger partial charge in [-0.25, -0.2) is 0 Å². The van der Waals surface area contributed by atoms with Crippen LogP contribution in [-0.2, 0) is 11.2 Å². The molecule has 0 spiro atoms. The van der Waals surface area contributed by atoms with Gasteiger partial charge >= 0.3 is 6.36 Å². The molecule has 2 amide bonds. The summed E-state index contributed by atoms with van der Waals surface area (Å²) in [6.45, 7) is 0.480. The molecule has 0 aromatic heterocycles. The predicted octanol–water partition coefficient (Wildman–Crippen LogP) is 3.45. The lowest BCUT2D eigenvalue weighted by Crippen LogP contribution is -2.47. The van der Waals surface area contributed by atoms with Crippen LogP contribution in [0.5, 0.6) is 5.75 Å². The van der Waals surface area contributed by atoms with Crippen molar-refractivity contribution < 1.29 is 27.5 Å². The molecule has 1 heterocycles. The number of nitrogens with one attached hydrogen (secondary N) is 2. The van der Waals surface area contributed by atoms with Gasteiger partial charge in [-0.1, -0.05) is 23.7 Å². The van der Waals surface area contributed by atoms with Crippen LogP contribution in [0, 0.1) is 0 Å². The Morgan fingerprint density at radius 1 is 1.14 bits per heavy atom. The van der Waals surface area contributed by atoms with Crippen molar-refractivity contribution in [1.82, 2.24) is 10.9 Å². The number of ether oxygens (including phenoxy) is 1. The summed E-state index contributed by atoms with van der Waals surface area (Å²) in [4.78, 5) is 26.0. The van der Waals surface area contributed by atoms with E-state index in [0.29, 0.717) is 30.6 Å². The van der Waals surface area contributed by atoms with Gasteiger partial charge in [-0.2, -0.15) is 0 Å². The van der Waals surface area contributed by atoms with Gasteiger partial charge in [0.1, 0.15) is 5.75 Å². The minimum atomic E-state index is -4.76. The number of amides is 2. The molecule has 0 saturated heterocycles. The molecule has 2 N–H and O–H groups in total. The van der Waals surface area contributed by atoms with E-state index in [1.54, 1.807) is 23.1 Å². The van der Waals surface area contributed by atoms with Crippen LogP contribution in [0.3, 0.4) is 0 Å². The molecule has 1 aliphatic heterocycles. The number of halogens is 4. The molecule has 2 aromatic carbocycles. The van der Waals surface area contributed by atoms with Gasteiger partial charge < -0.3 is 9.64 Å². The molecular weight excluding hydrogens is 411 g/mol. The quantitative estimate of drug-likeness (QED) is 0.733. The summed E-state index contributed by atoms with van der Waals surface area (Å²) >= 11 is 5.94. The minimum absolute atomic E-state index is 0.0741. The van der Waals surface area contributed by atoms with Crippen molar-refractivity contribution in [1.29, 1.82) is 0 Å². The first-order valence-corrected chi connectivity index (χ1v) is 9.08. The fourth-order valence-electron chi connectivity index (χ4n) is 3.06. The SMILES string of the molecule is O=C(CN1CCCc2cc(OC(F)(F)F)ccc21)NNC(=O)c1ccccc1Cl. The van der Waals surface area contributed by atoms with Crippen LogP contribution in [0.2, 0.25) is 5.02 Å². The number of anilines is 1. The second-order valence-electron chi connectivity index (χ2n) is 6.35. The van der Waals surface area contributed by atoms with Crippen LogP contribution in [0.4, 0.5) is 18.9 Å². The molecule has 6 nitrogen and oxygen atoms in total. The van der Waals surface area contributed by atoms with Crippen molar-refractivity contribution in [2.45, 2.75) is 19.2 Å². The molecule has 2 aromatic rings. The normalized spacial score (nSPS) is 13.4. The number of hydrazine groups is 1. The summed E-state index contributed by atoms with van der Waals surface area (Å²) in [6, 6.07) is 10.4. The first kappa shape index (κ1) is 20.8. The number of benzene rings is 2. The van der Waals surface area contributed by atoms with Gasteiger partial charge in [-0.05, 0) is 48.7 Å². The van der Waals surface area contributed by atoms with E-state index in [4.69, 9.17) is 11.6 Å². The van der Waals surface area contributed by atoms with E-state index in [9.17, 15) is 22.8 Å². The second-order valence-corrected chi connectivity index (χ2v) is 6.75. The van der Waals surface area contributed by atoms with E-state index in [1.807, 2.05) is 0 Å². The van der Waals surface area contributed by atoms with E-state index >= 15 is 0 Å². The number of rotatable bonds is 4. The Morgan fingerprint density at radius 3 is 2.62 bits per heavy atom. The summed E-state index contributed by atoms with van der Waals surface area (Å²) in [5, 5.41) is 0.251. The molecule has 0 aliphatic carbocycles. The van der Waals surface area contributed by atoms with Crippen molar-refractivity contribution in [2.24, 2.45) is 0 Å². The van der Waals surface area contributed by atoms with Gasteiger partial charge in [-0.3, -0.25) is 20.4 Å². The third kappa shape index (κ3) is 5.54. The number of nitrogens with zero attached hydrogens (tertiary/aromatic N) is 1. The highest BCUT2D eigenvalue weighted by Gasteiger charge is 2.31. The van der Waals surface area contributed by atoms with Crippen molar-refractivity contribution in [3.8, 4) is 5.75 Å². The monoisotopic (exact) mass is 427 g/mol. The number of carbonyl (C=O) groups is 2. The van der Waals surface area contributed by atoms with Gasteiger partial charge in [-0.15, -0.1) is 13.2 Å². The molecule has 0 radical (unpaired) electrons. The maximum Gasteiger partial charge on any atom is 0.573 e. The van der Waals surface area contributed by atoms with Crippen LogP contribution >= 0.6 is 11.6 Å². The van der Waals surface area contributed by atoms with Crippen molar-refractivity contribution in [3.63, 3.8) is 0 Å². The molecule has 1 aliphatic rings. The third-order valence-electron chi connectivity index (χ3n) is 4.27. The zero-order valence-corrected chi connectivity index (χ0v) is 15.8. The smallest absolute Gasteiger partial charge is 0.406 e. The average Bonchev–Trinajstić information content (AvgIpc) is 2.65. The highest BCUT2D eigenvalue weighted by atomic mass is 35.5. The lowest BCUT2D eigenvalue weighted by molar-refractivity contribution is -0.274. The molecule has 154 valence electrons. The fraction of sp³-hybridized carbons (Fsp3) is 0.263. The summed E-state index contributed by atoms with van der Waals surface area (Å²) in [5.74, 6) is -1.33. The summed E-state index contributed by atoms with van der Waals surface area (Å²) < 4.78 is 41.1. The Labute approximate surface area is 169 Å². The maximum absolute atomic E-state index is 12.4. The first-order chi connectivity index (χ1) is 13.7. The van der Waals surface area contributed by atoms with Crippen molar-refractivity contribution >= 4 is 29.1 Å². The number of carbonyl (C=O) groups excluding carboxylic acids is 2. The van der Waals surface area contributed by atoms with Crippen molar-refractivity contribution in [3.05, 3.63) is 58.6 Å². The Hall–Kier alpha value is -2.94. The highest BCUT2D eigenvalue weighted by Crippen LogP contribution is 2.32. The zero-order chi connectivity index (χ0) is 21.0. The lowest BCUT2D eigenvalue weighted by Gasteiger charge is -2.31. The standard InChI is InChI=1S/C19H17ClF3N3O3/c20-15-6-2-1-5-14(15)18(28)25-24-17(27)11-26-9-3-4-12-10-13(7-8-16(12)26)29-19(21,22)23/h1-2,5-8,10H,3-4,9,11H2,(H,24,27)(H,25,28). The number of hydrogen-bond acceptors (Lipinski definition) is 4. The topological polar surface area (TPSA) is 70.7 Å². The van der Waals surface area contributed by atoms with Crippen molar-refractivity contribution in [2.75, 3.05) is 18.0 Å². The number of fused-ring (bicyclic) bond motifs is 1. The van der Waals surface area contributed by atoms with Crippen LogP contribution in [0.25, 0.3) is 0 Å². The summed E-state index contributed by atoms with van der Waals surface area (Å²) in [5.41, 5.74) is 6.14. The third-order valence-corrected chi connectivity index (χ3v) is 4.60. The van der Waals surface area contributed by atoms with Crippen LogP contribution < -0.4 is 20.5 Å². The molecule has 0 bridgehead atoms. The average molecular weight is 428 g/mol. The molecule has 0 atom stereocenters. The molecule has 0 saturated carbocycles. The van der Waals surface area contributed by atoms with E-state index in [-0.39, 0.29) is 22.9 Å². The largest absolute Gasteiger partial charge is 0.573 e. The second kappa shape index (κ2) is 8.60. The van der Waals surface area contributed by atoms with Gasteiger partial charge in [0, 0.05) is 12.2 Å². The fourth-order valence-corrected chi connectivity index (χ4v) is 3.29. The summed E-state index contributed by atoms with van der Waals surface area (Å²) in [7, 11) is 0. The summed E-state index contributed by atoms with van der Waals surface area (Å²) in [6.07, 6.45) is -3.52. The zero-order valence-electron chi connectivity index (χ0n) is 15.1. The van der Waals surface area contributed by atoms with E-state index in [1.165, 1.54) is 24.3 Å². The Kier molecular flexibility index (Phi) is 6.17. The molecule has 3 rings (SSSR count). The van der Waals surface area contributed by atoms with Crippen LogP contribution in [0.1, 0.15) is 22.3 Å². The molecule has 0 fully saturated rings. The van der Waals surface area contributed by atoms with E-state index in [2.05, 4.69) is 15.6 Å². The Morgan fingerprint density at radius 2 is 1.90 bits per heavy atom. The Balaban J connectivity index is 1.60. The number of alkyl halides is 3. The van der Waals surface area contributed by atoms with Crippen LogP contribution in [-0.4, -0.2) is 31.3 Å². The number of hydrogen-bond donors (Lipinski definition) is 2. The van der Waals surface area contributed by atoms with Gasteiger partial charge in [0.2, 0.25) is 0 Å². The van der Waals surface area contributed by atoms with Gasteiger partial charge in [0.05, 0.1) is 17.1 Å². The van der Waals surface area contributed by atoms with Gasteiger partial charge in [0.25, 0.3) is 11.8 Å². The van der Waals surface area contributed by atoms with E-state index in [0.717, 1.165) is 0 Å². The maximum atomic E-state index is 12.4. The molecule has 10 heteroatoms. The predicted molar refractivity (Wildman–Crippen MR) is 101 cm³/mol. The van der Waals surface area contributed by atoms with Crippen LogP contribution in [0.15, 0.2) is 42.5 Å².